The third-order valence-corrected chi connectivity index (χ3v) is 3.91. The van der Waals surface area contributed by atoms with Gasteiger partial charge in [-0.2, -0.15) is 0 Å². The zero-order valence-corrected chi connectivity index (χ0v) is 13.9. The molecule has 0 aliphatic heterocycles. The van der Waals surface area contributed by atoms with E-state index < -0.39 is 0 Å². The Bertz CT molecular complexity index is 547. The number of nitrogens with zero attached hydrogens (tertiary/aromatic N) is 1. The fourth-order valence-electron chi connectivity index (χ4n) is 1.70. The molecule has 0 unspecified atom stereocenters. The van der Waals surface area contributed by atoms with Gasteiger partial charge in [-0.05, 0) is 62.0 Å². The van der Waals surface area contributed by atoms with Crippen LogP contribution >= 0.6 is 31.9 Å². The SMILES string of the molecule is COc1ccc(CNc2c(Br)cc(C)cc2Br)cn1. The van der Waals surface area contributed by atoms with Crippen molar-refractivity contribution in [2.45, 2.75) is 13.5 Å². The predicted molar refractivity (Wildman–Crippen MR) is 84.7 cm³/mol. The van der Waals surface area contributed by atoms with E-state index in [9.17, 15) is 0 Å². The van der Waals surface area contributed by atoms with Gasteiger partial charge in [0.15, 0.2) is 0 Å². The molecule has 0 fully saturated rings. The van der Waals surface area contributed by atoms with Crippen LogP contribution in [0.25, 0.3) is 0 Å². The fourth-order valence-corrected chi connectivity index (χ4v) is 3.39. The average molecular weight is 386 g/mol. The molecule has 5 heteroatoms. The predicted octanol–water partition coefficient (Wildman–Crippen LogP) is 4.54. The second kappa shape index (κ2) is 6.39. The van der Waals surface area contributed by atoms with Crippen molar-refractivity contribution in [3.8, 4) is 5.88 Å². The van der Waals surface area contributed by atoms with Crippen LogP contribution in [-0.2, 0) is 6.54 Å². The summed E-state index contributed by atoms with van der Waals surface area (Å²) in [6, 6.07) is 8.02. The highest BCUT2D eigenvalue weighted by molar-refractivity contribution is 9.11. The molecular formula is C14H14Br2N2O. The molecule has 1 aromatic carbocycles. The van der Waals surface area contributed by atoms with E-state index in [1.165, 1.54) is 5.56 Å². The van der Waals surface area contributed by atoms with E-state index in [2.05, 4.69) is 61.2 Å². The fraction of sp³-hybridized carbons (Fsp3) is 0.214. The Hall–Kier alpha value is -1.07. The maximum atomic E-state index is 5.04. The van der Waals surface area contributed by atoms with Crippen molar-refractivity contribution in [2.24, 2.45) is 0 Å². The quantitative estimate of drug-likeness (QED) is 0.839. The first-order chi connectivity index (χ1) is 9.10. The largest absolute Gasteiger partial charge is 0.481 e. The van der Waals surface area contributed by atoms with Crippen LogP contribution in [0.5, 0.6) is 5.88 Å². The summed E-state index contributed by atoms with van der Waals surface area (Å²) in [5.41, 5.74) is 3.34. The molecule has 0 amide bonds. The van der Waals surface area contributed by atoms with Gasteiger partial charge in [-0.15, -0.1) is 0 Å². The molecule has 1 N–H and O–H groups in total. The summed E-state index contributed by atoms with van der Waals surface area (Å²) < 4.78 is 7.12. The molecule has 1 heterocycles. The minimum absolute atomic E-state index is 0.626. The normalized spacial score (nSPS) is 10.3. The molecule has 0 saturated heterocycles. The molecule has 1 aromatic heterocycles. The Labute approximate surface area is 129 Å². The van der Waals surface area contributed by atoms with E-state index in [1.807, 2.05) is 18.3 Å². The molecule has 0 atom stereocenters. The zero-order valence-electron chi connectivity index (χ0n) is 10.7. The highest BCUT2D eigenvalue weighted by atomic mass is 79.9. The lowest BCUT2D eigenvalue weighted by atomic mass is 10.2. The number of pyridine rings is 1. The van der Waals surface area contributed by atoms with Crippen LogP contribution in [0.2, 0.25) is 0 Å². The summed E-state index contributed by atoms with van der Waals surface area (Å²) in [5.74, 6) is 0.626. The highest BCUT2D eigenvalue weighted by Crippen LogP contribution is 2.32. The number of benzene rings is 1. The lowest BCUT2D eigenvalue weighted by Crippen LogP contribution is -2.02. The van der Waals surface area contributed by atoms with Crippen molar-refractivity contribution in [2.75, 3.05) is 12.4 Å². The van der Waals surface area contributed by atoms with Gasteiger partial charge in [0.1, 0.15) is 0 Å². The molecule has 0 aliphatic carbocycles. The molecule has 0 spiro atoms. The zero-order chi connectivity index (χ0) is 13.8. The van der Waals surface area contributed by atoms with Gasteiger partial charge < -0.3 is 10.1 Å². The first kappa shape index (κ1) is 14.3. The molecule has 2 aromatic rings. The van der Waals surface area contributed by atoms with Gasteiger partial charge in [0.25, 0.3) is 0 Å². The van der Waals surface area contributed by atoms with Crippen LogP contribution in [-0.4, -0.2) is 12.1 Å². The van der Waals surface area contributed by atoms with Crippen molar-refractivity contribution in [3.63, 3.8) is 0 Å². The molecule has 19 heavy (non-hydrogen) atoms. The molecular weight excluding hydrogens is 372 g/mol. The Kier molecular flexibility index (Phi) is 4.82. The van der Waals surface area contributed by atoms with Crippen molar-refractivity contribution in [1.29, 1.82) is 0 Å². The van der Waals surface area contributed by atoms with Crippen LogP contribution in [0.15, 0.2) is 39.4 Å². The van der Waals surface area contributed by atoms with Gasteiger partial charge in [-0.1, -0.05) is 6.07 Å². The van der Waals surface area contributed by atoms with Crippen LogP contribution in [0.1, 0.15) is 11.1 Å². The monoisotopic (exact) mass is 384 g/mol. The van der Waals surface area contributed by atoms with Gasteiger partial charge in [-0.25, -0.2) is 4.98 Å². The summed E-state index contributed by atoms with van der Waals surface area (Å²) in [6.07, 6.45) is 1.81. The van der Waals surface area contributed by atoms with E-state index in [1.54, 1.807) is 7.11 Å². The van der Waals surface area contributed by atoms with Crippen molar-refractivity contribution >= 4 is 37.5 Å². The summed E-state index contributed by atoms with van der Waals surface area (Å²) in [6.45, 7) is 2.77. The summed E-state index contributed by atoms with van der Waals surface area (Å²) in [7, 11) is 1.61. The van der Waals surface area contributed by atoms with E-state index in [4.69, 9.17) is 4.74 Å². The molecule has 2 rings (SSSR count). The topological polar surface area (TPSA) is 34.1 Å². The number of hydrogen-bond donors (Lipinski definition) is 1. The Morgan fingerprint density at radius 3 is 2.42 bits per heavy atom. The maximum Gasteiger partial charge on any atom is 0.212 e. The lowest BCUT2D eigenvalue weighted by molar-refractivity contribution is 0.397. The molecule has 0 aliphatic rings. The van der Waals surface area contributed by atoms with E-state index in [0.29, 0.717) is 12.4 Å². The van der Waals surface area contributed by atoms with Crippen LogP contribution < -0.4 is 10.1 Å². The van der Waals surface area contributed by atoms with Crippen LogP contribution in [0.4, 0.5) is 5.69 Å². The van der Waals surface area contributed by atoms with Gasteiger partial charge in [0.05, 0.1) is 12.8 Å². The number of halogens is 2. The van der Waals surface area contributed by atoms with Gasteiger partial charge in [-0.3, -0.25) is 0 Å². The number of hydrogen-bond acceptors (Lipinski definition) is 3. The number of anilines is 1. The average Bonchev–Trinajstić information content (AvgIpc) is 2.38. The number of methoxy groups -OCH3 is 1. The maximum absolute atomic E-state index is 5.04. The van der Waals surface area contributed by atoms with Crippen molar-refractivity contribution in [1.82, 2.24) is 4.98 Å². The molecule has 0 bridgehead atoms. The molecule has 3 nitrogen and oxygen atoms in total. The van der Waals surface area contributed by atoms with Gasteiger partial charge in [0, 0.05) is 27.8 Å². The Balaban J connectivity index is 2.10. The summed E-state index contributed by atoms with van der Waals surface area (Å²) in [4.78, 5) is 4.18. The highest BCUT2D eigenvalue weighted by Gasteiger charge is 2.06. The first-order valence-corrected chi connectivity index (χ1v) is 7.37. The first-order valence-electron chi connectivity index (χ1n) is 5.78. The molecule has 0 saturated carbocycles. The van der Waals surface area contributed by atoms with E-state index in [0.717, 1.165) is 20.2 Å². The smallest absolute Gasteiger partial charge is 0.212 e. The Morgan fingerprint density at radius 1 is 1.21 bits per heavy atom. The van der Waals surface area contributed by atoms with E-state index >= 15 is 0 Å². The number of aryl methyl sites for hydroxylation is 1. The van der Waals surface area contributed by atoms with E-state index in [-0.39, 0.29) is 0 Å². The molecule has 100 valence electrons. The number of nitrogens with one attached hydrogen (secondary N) is 1. The standard InChI is InChI=1S/C14H14Br2N2O/c1-9-5-11(15)14(12(16)6-9)18-8-10-3-4-13(19-2)17-7-10/h3-7,18H,8H2,1-2H3. The third-order valence-electron chi connectivity index (χ3n) is 2.66. The summed E-state index contributed by atoms with van der Waals surface area (Å²) in [5, 5.41) is 3.39. The van der Waals surface area contributed by atoms with Gasteiger partial charge >= 0.3 is 0 Å². The van der Waals surface area contributed by atoms with Gasteiger partial charge in [0.2, 0.25) is 5.88 Å². The minimum atomic E-state index is 0.626. The second-order valence-corrected chi connectivity index (χ2v) is 5.87. The minimum Gasteiger partial charge on any atom is -0.481 e. The number of ether oxygens (including phenoxy) is 1. The van der Waals surface area contributed by atoms with Crippen LogP contribution in [0.3, 0.4) is 0 Å². The number of rotatable bonds is 4. The third kappa shape index (κ3) is 3.70. The second-order valence-electron chi connectivity index (χ2n) is 4.17. The molecule has 0 radical (unpaired) electrons. The number of aromatic nitrogens is 1. The van der Waals surface area contributed by atoms with Crippen molar-refractivity contribution < 1.29 is 4.74 Å². The Morgan fingerprint density at radius 2 is 1.89 bits per heavy atom. The van der Waals surface area contributed by atoms with Crippen LogP contribution in [0, 0.1) is 6.92 Å². The lowest BCUT2D eigenvalue weighted by Gasteiger charge is -2.12. The summed E-state index contributed by atoms with van der Waals surface area (Å²) >= 11 is 7.13. The van der Waals surface area contributed by atoms with Crippen molar-refractivity contribution in [3.05, 3.63) is 50.5 Å².